The molecule has 2 aromatic heterocycles. The molecule has 0 aliphatic rings. The van der Waals surface area contributed by atoms with Gasteiger partial charge in [-0.2, -0.15) is 5.10 Å². The van der Waals surface area contributed by atoms with E-state index in [9.17, 15) is 14.0 Å². The van der Waals surface area contributed by atoms with Gasteiger partial charge in [0.15, 0.2) is 0 Å². The quantitative estimate of drug-likeness (QED) is 0.535. The zero-order valence-electron chi connectivity index (χ0n) is 17.3. The molecule has 31 heavy (non-hydrogen) atoms. The van der Waals surface area contributed by atoms with Gasteiger partial charge < -0.3 is 10.1 Å². The lowest BCUT2D eigenvalue weighted by atomic mass is 10.1. The zero-order chi connectivity index (χ0) is 22.1. The SMILES string of the molecule is COc1cccc(NC(=O)Cn2c(=O)cc(C)c3c(C)nn(-c4cccc(F)c4)c32)c1. The van der Waals surface area contributed by atoms with Gasteiger partial charge in [0.25, 0.3) is 5.56 Å². The van der Waals surface area contributed by atoms with E-state index in [1.807, 2.05) is 13.8 Å². The smallest absolute Gasteiger partial charge is 0.252 e. The fourth-order valence-corrected chi connectivity index (χ4v) is 3.65. The number of carbonyl (C=O) groups excluding carboxylic acids is 1. The van der Waals surface area contributed by atoms with E-state index in [-0.39, 0.29) is 18.0 Å². The predicted molar refractivity (Wildman–Crippen MR) is 116 cm³/mol. The van der Waals surface area contributed by atoms with E-state index in [4.69, 9.17) is 4.74 Å². The van der Waals surface area contributed by atoms with Gasteiger partial charge in [-0.25, -0.2) is 9.07 Å². The van der Waals surface area contributed by atoms with Crippen molar-refractivity contribution in [3.8, 4) is 11.4 Å². The summed E-state index contributed by atoms with van der Waals surface area (Å²) in [5, 5.41) is 8.05. The second-order valence-electron chi connectivity index (χ2n) is 7.21. The first-order valence-corrected chi connectivity index (χ1v) is 9.67. The molecule has 2 aromatic carbocycles. The van der Waals surface area contributed by atoms with Crippen molar-refractivity contribution < 1.29 is 13.9 Å². The monoisotopic (exact) mass is 420 g/mol. The molecule has 0 atom stereocenters. The summed E-state index contributed by atoms with van der Waals surface area (Å²) in [4.78, 5) is 25.6. The van der Waals surface area contributed by atoms with E-state index in [0.717, 1.165) is 10.9 Å². The number of benzene rings is 2. The molecule has 1 N–H and O–H groups in total. The van der Waals surface area contributed by atoms with Crippen LogP contribution in [-0.4, -0.2) is 27.4 Å². The summed E-state index contributed by atoms with van der Waals surface area (Å²) in [6.07, 6.45) is 0. The van der Waals surface area contributed by atoms with Crippen molar-refractivity contribution in [3.63, 3.8) is 0 Å². The molecule has 7 nitrogen and oxygen atoms in total. The fourth-order valence-electron chi connectivity index (χ4n) is 3.65. The molecule has 0 aliphatic carbocycles. The van der Waals surface area contributed by atoms with Gasteiger partial charge in [-0.1, -0.05) is 12.1 Å². The molecule has 0 aliphatic heterocycles. The Balaban J connectivity index is 1.80. The lowest BCUT2D eigenvalue weighted by molar-refractivity contribution is -0.116. The molecule has 8 heteroatoms. The first-order chi connectivity index (χ1) is 14.9. The Hall–Kier alpha value is -3.94. The van der Waals surface area contributed by atoms with Gasteiger partial charge in [-0.15, -0.1) is 0 Å². The number of aryl methyl sites for hydroxylation is 2. The molecule has 158 valence electrons. The van der Waals surface area contributed by atoms with E-state index >= 15 is 0 Å². The van der Waals surface area contributed by atoms with Crippen molar-refractivity contribution in [3.05, 3.63) is 82.0 Å². The average molecular weight is 420 g/mol. The van der Waals surface area contributed by atoms with E-state index < -0.39 is 5.82 Å². The average Bonchev–Trinajstić information content (AvgIpc) is 3.09. The van der Waals surface area contributed by atoms with Crippen LogP contribution in [0.1, 0.15) is 11.3 Å². The number of nitrogens with one attached hydrogen (secondary N) is 1. The van der Waals surface area contributed by atoms with Crippen LogP contribution in [0, 0.1) is 19.7 Å². The number of rotatable bonds is 5. The van der Waals surface area contributed by atoms with Crippen molar-refractivity contribution in [2.45, 2.75) is 20.4 Å². The van der Waals surface area contributed by atoms with Crippen molar-refractivity contribution in [2.24, 2.45) is 0 Å². The van der Waals surface area contributed by atoms with Crippen LogP contribution in [0.5, 0.6) is 5.75 Å². The van der Waals surface area contributed by atoms with Gasteiger partial charge >= 0.3 is 0 Å². The molecule has 0 saturated carbocycles. The minimum absolute atomic E-state index is 0.229. The Kier molecular flexibility index (Phi) is 5.29. The molecule has 0 saturated heterocycles. The van der Waals surface area contributed by atoms with Crippen LogP contribution in [0.25, 0.3) is 16.7 Å². The van der Waals surface area contributed by atoms with Crippen LogP contribution < -0.4 is 15.6 Å². The topological polar surface area (TPSA) is 78.2 Å². The molecule has 2 heterocycles. The Bertz CT molecular complexity index is 1360. The van der Waals surface area contributed by atoms with Crippen molar-refractivity contribution >= 4 is 22.6 Å². The Morgan fingerprint density at radius 2 is 1.90 bits per heavy atom. The first-order valence-electron chi connectivity index (χ1n) is 9.67. The summed E-state index contributed by atoms with van der Waals surface area (Å²) in [5.41, 5.74) is 2.53. The van der Waals surface area contributed by atoms with Crippen LogP contribution in [0.4, 0.5) is 10.1 Å². The van der Waals surface area contributed by atoms with Crippen LogP contribution in [0.15, 0.2) is 59.4 Å². The van der Waals surface area contributed by atoms with E-state index in [1.54, 1.807) is 43.5 Å². The molecule has 0 spiro atoms. The number of amides is 1. The summed E-state index contributed by atoms with van der Waals surface area (Å²) in [6.45, 7) is 3.40. The summed E-state index contributed by atoms with van der Waals surface area (Å²) in [6, 6.07) is 14.4. The molecule has 0 radical (unpaired) electrons. The third kappa shape index (κ3) is 3.92. The number of ether oxygens (including phenoxy) is 1. The van der Waals surface area contributed by atoms with Crippen LogP contribution in [0.2, 0.25) is 0 Å². The van der Waals surface area contributed by atoms with Crippen LogP contribution in [-0.2, 0) is 11.3 Å². The highest BCUT2D eigenvalue weighted by molar-refractivity contribution is 5.92. The molecular formula is C23H21FN4O3. The van der Waals surface area contributed by atoms with Crippen molar-refractivity contribution in [1.82, 2.24) is 14.3 Å². The highest BCUT2D eigenvalue weighted by Crippen LogP contribution is 2.24. The number of anilines is 1. The number of nitrogens with zero attached hydrogens (tertiary/aromatic N) is 3. The number of hydrogen-bond donors (Lipinski definition) is 1. The lowest BCUT2D eigenvalue weighted by Gasteiger charge is -2.13. The number of halogens is 1. The summed E-state index contributed by atoms with van der Waals surface area (Å²) >= 11 is 0. The standard InChI is InChI=1S/C23H21FN4O3/c1-14-10-21(30)27(13-20(29)25-17-7-5-9-19(12-17)31-3)23-22(14)15(2)26-28(23)18-8-4-6-16(24)11-18/h4-12H,13H2,1-3H3,(H,25,29). The molecular weight excluding hydrogens is 399 g/mol. The third-order valence-corrected chi connectivity index (χ3v) is 5.00. The molecule has 0 bridgehead atoms. The maximum absolute atomic E-state index is 13.8. The number of carbonyl (C=O) groups is 1. The highest BCUT2D eigenvalue weighted by atomic mass is 19.1. The van der Waals surface area contributed by atoms with E-state index in [2.05, 4.69) is 10.4 Å². The number of pyridine rings is 1. The van der Waals surface area contributed by atoms with E-state index in [1.165, 1.54) is 27.4 Å². The fraction of sp³-hybridized carbons (Fsp3) is 0.174. The Morgan fingerprint density at radius 1 is 1.13 bits per heavy atom. The minimum Gasteiger partial charge on any atom is -0.497 e. The van der Waals surface area contributed by atoms with Gasteiger partial charge in [0.05, 0.1) is 18.5 Å². The highest BCUT2D eigenvalue weighted by Gasteiger charge is 2.19. The minimum atomic E-state index is -0.420. The third-order valence-electron chi connectivity index (χ3n) is 5.00. The molecule has 0 fully saturated rings. The number of aromatic nitrogens is 3. The van der Waals surface area contributed by atoms with Gasteiger partial charge in [-0.3, -0.25) is 14.2 Å². The van der Waals surface area contributed by atoms with Gasteiger partial charge in [-0.05, 0) is 49.7 Å². The maximum Gasteiger partial charge on any atom is 0.252 e. The van der Waals surface area contributed by atoms with E-state index in [0.29, 0.717) is 28.5 Å². The first kappa shape index (κ1) is 20.3. The summed E-state index contributed by atoms with van der Waals surface area (Å²) < 4.78 is 21.9. The largest absolute Gasteiger partial charge is 0.497 e. The number of hydrogen-bond acceptors (Lipinski definition) is 4. The normalized spacial score (nSPS) is 11.0. The van der Waals surface area contributed by atoms with Crippen LogP contribution in [0.3, 0.4) is 0 Å². The second-order valence-corrected chi connectivity index (χ2v) is 7.21. The van der Waals surface area contributed by atoms with Gasteiger partial charge in [0.2, 0.25) is 5.91 Å². The van der Waals surface area contributed by atoms with Crippen molar-refractivity contribution in [1.29, 1.82) is 0 Å². The van der Waals surface area contributed by atoms with Crippen molar-refractivity contribution in [2.75, 3.05) is 12.4 Å². The predicted octanol–water partition coefficient (Wildman–Crippen LogP) is 3.59. The van der Waals surface area contributed by atoms with Gasteiger partial charge in [0.1, 0.15) is 23.8 Å². The Morgan fingerprint density at radius 3 is 2.65 bits per heavy atom. The van der Waals surface area contributed by atoms with Gasteiger partial charge in [0, 0.05) is 23.2 Å². The Labute approximate surface area is 177 Å². The summed E-state index contributed by atoms with van der Waals surface area (Å²) in [7, 11) is 1.54. The lowest BCUT2D eigenvalue weighted by Crippen LogP contribution is -2.29. The number of fused-ring (bicyclic) bond motifs is 1. The molecule has 1 amide bonds. The maximum atomic E-state index is 13.8. The van der Waals surface area contributed by atoms with Crippen LogP contribution >= 0.6 is 0 Å². The summed E-state index contributed by atoms with van der Waals surface area (Å²) in [5.74, 6) is -0.200. The zero-order valence-corrected chi connectivity index (χ0v) is 17.3. The molecule has 4 aromatic rings. The molecule has 0 unspecified atom stereocenters. The molecule has 4 rings (SSSR count). The number of methoxy groups -OCH3 is 1. The second kappa shape index (κ2) is 8.06.